The summed E-state index contributed by atoms with van der Waals surface area (Å²) in [5, 5.41) is 9.18. The molecule has 0 bridgehead atoms. The second-order valence-electron chi connectivity index (χ2n) is 6.31. The number of hydrogen-bond acceptors (Lipinski definition) is 3. The molecule has 1 unspecified atom stereocenters. The highest BCUT2D eigenvalue weighted by atomic mass is 16.3. The smallest absolute Gasteiger partial charge is 0.236 e. The van der Waals surface area contributed by atoms with E-state index >= 15 is 0 Å². The van der Waals surface area contributed by atoms with E-state index in [1.165, 1.54) is 17.5 Å². The summed E-state index contributed by atoms with van der Waals surface area (Å²) in [7, 11) is 1.87. The molecular formula is C18H28N2O2. The number of piperidine rings is 1. The highest BCUT2D eigenvalue weighted by molar-refractivity contribution is 5.78. The first-order valence-corrected chi connectivity index (χ1v) is 8.25. The fourth-order valence-corrected chi connectivity index (χ4v) is 3.17. The largest absolute Gasteiger partial charge is 0.396 e. The van der Waals surface area contributed by atoms with E-state index in [4.69, 9.17) is 0 Å². The average molecular weight is 304 g/mol. The van der Waals surface area contributed by atoms with Crippen molar-refractivity contribution in [2.45, 2.75) is 45.2 Å². The number of aliphatic hydroxyl groups is 1. The Kier molecular flexibility index (Phi) is 6.40. The van der Waals surface area contributed by atoms with E-state index in [0.29, 0.717) is 19.1 Å². The lowest BCUT2D eigenvalue weighted by Gasteiger charge is -2.35. The van der Waals surface area contributed by atoms with Gasteiger partial charge in [0.1, 0.15) is 0 Å². The molecule has 0 radical (unpaired) electrons. The van der Waals surface area contributed by atoms with Crippen molar-refractivity contribution in [1.29, 1.82) is 0 Å². The molecule has 0 saturated carbocycles. The van der Waals surface area contributed by atoms with Crippen LogP contribution >= 0.6 is 0 Å². The summed E-state index contributed by atoms with van der Waals surface area (Å²) in [6.45, 7) is 4.37. The molecule has 1 N–H and O–H groups in total. The number of hydrogen-bond donors (Lipinski definition) is 1. The van der Waals surface area contributed by atoms with Crippen LogP contribution < -0.4 is 0 Å². The fourth-order valence-electron chi connectivity index (χ4n) is 3.17. The molecule has 1 aromatic carbocycles. The quantitative estimate of drug-likeness (QED) is 0.876. The number of aliphatic hydroxyl groups excluding tert-OH is 1. The van der Waals surface area contributed by atoms with Crippen LogP contribution in [-0.2, 0) is 11.3 Å². The Bertz CT molecular complexity index is 488. The lowest BCUT2D eigenvalue weighted by Crippen LogP contribution is -2.46. The number of benzene rings is 1. The SMILES string of the molecule is Cc1ccccc1CN(C)C(=O)CN1CCCCC1CCO. The van der Waals surface area contributed by atoms with Gasteiger partial charge in [-0.25, -0.2) is 0 Å². The van der Waals surface area contributed by atoms with Gasteiger partial charge < -0.3 is 10.0 Å². The van der Waals surface area contributed by atoms with Gasteiger partial charge in [-0.05, 0) is 43.9 Å². The van der Waals surface area contributed by atoms with Gasteiger partial charge in [0.15, 0.2) is 0 Å². The number of likely N-dealkylation sites (N-methyl/N-ethyl adjacent to an activating group) is 1. The van der Waals surface area contributed by atoms with Crippen LogP contribution in [0.3, 0.4) is 0 Å². The van der Waals surface area contributed by atoms with Crippen LogP contribution in [0.4, 0.5) is 0 Å². The Morgan fingerprint density at radius 1 is 1.36 bits per heavy atom. The molecule has 1 heterocycles. The Morgan fingerprint density at radius 2 is 2.14 bits per heavy atom. The van der Waals surface area contributed by atoms with E-state index in [-0.39, 0.29) is 12.5 Å². The molecule has 122 valence electrons. The van der Waals surface area contributed by atoms with Gasteiger partial charge in [0.2, 0.25) is 5.91 Å². The molecule has 2 rings (SSSR count). The Hall–Kier alpha value is -1.39. The van der Waals surface area contributed by atoms with E-state index in [9.17, 15) is 9.90 Å². The molecular weight excluding hydrogens is 276 g/mol. The van der Waals surface area contributed by atoms with Gasteiger partial charge in [0, 0.05) is 26.2 Å². The molecule has 4 nitrogen and oxygen atoms in total. The van der Waals surface area contributed by atoms with Crippen LogP contribution in [0.2, 0.25) is 0 Å². The maximum absolute atomic E-state index is 12.5. The zero-order chi connectivity index (χ0) is 15.9. The van der Waals surface area contributed by atoms with Crippen molar-refractivity contribution >= 4 is 5.91 Å². The van der Waals surface area contributed by atoms with Crippen molar-refractivity contribution in [3.63, 3.8) is 0 Å². The monoisotopic (exact) mass is 304 g/mol. The van der Waals surface area contributed by atoms with E-state index < -0.39 is 0 Å². The summed E-state index contributed by atoms with van der Waals surface area (Å²) in [6.07, 6.45) is 4.22. The third kappa shape index (κ3) is 4.55. The minimum atomic E-state index is 0.160. The summed E-state index contributed by atoms with van der Waals surface area (Å²) in [5.41, 5.74) is 2.42. The zero-order valence-electron chi connectivity index (χ0n) is 13.8. The normalized spacial score (nSPS) is 19.1. The number of amides is 1. The molecule has 1 fully saturated rings. The second-order valence-corrected chi connectivity index (χ2v) is 6.31. The van der Waals surface area contributed by atoms with Crippen molar-refractivity contribution in [3.05, 3.63) is 35.4 Å². The molecule has 1 amide bonds. The average Bonchev–Trinajstić information content (AvgIpc) is 2.51. The molecule has 1 aromatic rings. The zero-order valence-corrected chi connectivity index (χ0v) is 13.8. The lowest BCUT2D eigenvalue weighted by atomic mass is 9.99. The second kappa shape index (κ2) is 8.30. The van der Waals surface area contributed by atoms with Crippen LogP contribution in [0.25, 0.3) is 0 Å². The summed E-state index contributed by atoms with van der Waals surface area (Å²) in [6, 6.07) is 8.55. The van der Waals surface area contributed by atoms with Crippen LogP contribution in [0.15, 0.2) is 24.3 Å². The van der Waals surface area contributed by atoms with Crippen molar-refractivity contribution in [2.75, 3.05) is 26.7 Å². The molecule has 1 aliphatic heterocycles. The number of likely N-dealkylation sites (tertiary alicyclic amines) is 1. The molecule has 1 saturated heterocycles. The Morgan fingerprint density at radius 3 is 2.86 bits per heavy atom. The Labute approximate surface area is 133 Å². The topological polar surface area (TPSA) is 43.8 Å². The predicted molar refractivity (Wildman–Crippen MR) is 88.6 cm³/mol. The molecule has 4 heteroatoms. The third-order valence-electron chi connectivity index (χ3n) is 4.64. The van der Waals surface area contributed by atoms with Crippen LogP contribution in [0, 0.1) is 6.92 Å². The minimum absolute atomic E-state index is 0.160. The number of aryl methyl sites for hydroxylation is 1. The van der Waals surface area contributed by atoms with E-state index in [2.05, 4.69) is 24.0 Å². The fraction of sp³-hybridized carbons (Fsp3) is 0.611. The van der Waals surface area contributed by atoms with E-state index in [1.807, 2.05) is 24.1 Å². The first-order chi connectivity index (χ1) is 10.6. The van der Waals surface area contributed by atoms with Gasteiger partial charge in [0.05, 0.1) is 6.54 Å². The third-order valence-corrected chi connectivity index (χ3v) is 4.64. The summed E-state index contributed by atoms with van der Waals surface area (Å²) >= 11 is 0. The summed E-state index contributed by atoms with van der Waals surface area (Å²) in [5.74, 6) is 0.160. The van der Waals surface area contributed by atoms with Gasteiger partial charge in [0.25, 0.3) is 0 Å². The number of nitrogens with zero attached hydrogens (tertiary/aromatic N) is 2. The predicted octanol–water partition coefficient (Wildman–Crippen LogP) is 2.19. The Balaban J connectivity index is 1.91. The van der Waals surface area contributed by atoms with Gasteiger partial charge >= 0.3 is 0 Å². The minimum Gasteiger partial charge on any atom is -0.396 e. The summed E-state index contributed by atoms with van der Waals surface area (Å²) < 4.78 is 0. The maximum atomic E-state index is 12.5. The molecule has 1 aliphatic rings. The van der Waals surface area contributed by atoms with Crippen LogP contribution in [0.1, 0.15) is 36.8 Å². The first-order valence-electron chi connectivity index (χ1n) is 8.25. The number of carbonyl (C=O) groups excluding carboxylic acids is 1. The van der Waals surface area contributed by atoms with Crippen molar-refractivity contribution in [2.24, 2.45) is 0 Å². The first kappa shape index (κ1) is 17.0. The van der Waals surface area contributed by atoms with Crippen molar-refractivity contribution in [3.8, 4) is 0 Å². The molecule has 0 aliphatic carbocycles. The number of carbonyl (C=O) groups is 1. The maximum Gasteiger partial charge on any atom is 0.236 e. The lowest BCUT2D eigenvalue weighted by molar-refractivity contribution is -0.132. The highest BCUT2D eigenvalue weighted by Crippen LogP contribution is 2.19. The van der Waals surface area contributed by atoms with Gasteiger partial charge in [-0.15, -0.1) is 0 Å². The summed E-state index contributed by atoms with van der Waals surface area (Å²) in [4.78, 5) is 16.6. The van der Waals surface area contributed by atoms with Gasteiger partial charge in [-0.3, -0.25) is 9.69 Å². The van der Waals surface area contributed by atoms with Crippen molar-refractivity contribution in [1.82, 2.24) is 9.80 Å². The van der Waals surface area contributed by atoms with Crippen molar-refractivity contribution < 1.29 is 9.90 Å². The number of rotatable bonds is 6. The molecule has 0 aromatic heterocycles. The standard InChI is InChI=1S/C18H28N2O2/c1-15-7-3-4-8-16(15)13-19(2)18(22)14-20-11-6-5-9-17(20)10-12-21/h3-4,7-8,17,21H,5-6,9-14H2,1-2H3. The van der Waals surface area contributed by atoms with E-state index in [0.717, 1.165) is 25.8 Å². The van der Waals surface area contributed by atoms with Gasteiger partial charge in [-0.2, -0.15) is 0 Å². The molecule has 22 heavy (non-hydrogen) atoms. The van der Waals surface area contributed by atoms with Crippen LogP contribution in [-0.4, -0.2) is 53.6 Å². The van der Waals surface area contributed by atoms with Crippen LogP contribution in [0.5, 0.6) is 0 Å². The van der Waals surface area contributed by atoms with Gasteiger partial charge in [-0.1, -0.05) is 30.7 Å². The molecule has 1 atom stereocenters. The molecule has 0 spiro atoms. The van der Waals surface area contributed by atoms with E-state index in [1.54, 1.807) is 0 Å². The highest BCUT2D eigenvalue weighted by Gasteiger charge is 2.24.